The Morgan fingerprint density at radius 3 is 2.43 bits per heavy atom. The molecule has 142 valence electrons. The third-order valence-electron chi connectivity index (χ3n) is 3.70. The number of carbonyl (C=O) groups excluding carboxylic acids is 1. The van der Waals surface area contributed by atoms with Crippen LogP contribution in [0.15, 0.2) is 73.4 Å². The fraction of sp³-hybridized carbons (Fsp3) is 0.0526. The average Bonchev–Trinajstić information content (AvgIpc) is 3.16. The first kappa shape index (κ1) is 19.0. The van der Waals surface area contributed by atoms with Crippen LogP contribution in [0.1, 0.15) is 16.1 Å². The van der Waals surface area contributed by atoms with Crippen molar-refractivity contribution in [3.63, 3.8) is 0 Å². The van der Waals surface area contributed by atoms with Gasteiger partial charge in [0, 0.05) is 18.0 Å². The maximum atomic E-state index is 12.9. The zero-order chi connectivity index (χ0) is 20.1. The van der Waals surface area contributed by atoms with Gasteiger partial charge in [-0.1, -0.05) is 24.3 Å². The van der Waals surface area contributed by atoms with Crippen LogP contribution >= 0.6 is 0 Å². The highest BCUT2D eigenvalue weighted by Crippen LogP contribution is 2.36. The number of halogens is 3. The maximum Gasteiger partial charge on any atom is 0.417 e. The van der Waals surface area contributed by atoms with Crippen molar-refractivity contribution < 1.29 is 18.0 Å². The highest BCUT2D eigenvalue weighted by molar-refractivity contribution is 5.90. The lowest BCUT2D eigenvalue weighted by Gasteiger charge is -2.12. The molecule has 3 heterocycles. The smallest absolute Gasteiger partial charge is 0.364 e. The molecule has 0 unspecified atom stereocenters. The molecule has 0 radical (unpaired) electrons. The molecule has 0 atom stereocenters. The molecule has 6 nitrogen and oxygen atoms in total. The van der Waals surface area contributed by atoms with Crippen LogP contribution in [0.3, 0.4) is 0 Å². The first-order chi connectivity index (χ1) is 13.4. The molecule has 9 heteroatoms. The Hall–Kier alpha value is -3.75. The van der Waals surface area contributed by atoms with Crippen molar-refractivity contribution >= 4 is 11.6 Å². The Bertz CT molecular complexity index is 1090. The first-order valence-corrected chi connectivity index (χ1v) is 8.02. The zero-order valence-electron chi connectivity index (χ0n) is 14.3. The lowest BCUT2D eigenvalue weighted by molar-refractivity contribution is -0.137. The van der Waals surface area contributed by atoms with Crippen LogP contribution in [0.5, 0.6) is 0 Å². The van der Waals surface area contributed by atoms with E-state index in [-0.39, 0.29) is 11.3 Å². The van der Waals surface area contributed by atoms with E-state index in [9.17, 15) is 18.0 Å². The Morgan fingerprint density at radius 1 is 1.04 bits per heavy atom. The van der Waals surface area contributed by atoms with Crippen LogP contribution in [0, 0.1) is 0 Å². The highest BCUT2D eigenvalue weighted by Gasteiger charge is 2.33. The number of imidazole rings is 1. The van der Waals surface area contributed by atoms with Crippen LogP contribution in [0.2, 0.25) is 0 Å². The van der Waals surface area contributed by atoms with Gasteiger partial charge in [0.25, 0.3) is 5.91 Å². The number of rotatable bonds is 2. The minimum absolute atomic E-state index is 0.0682. The zero-order valence-corrected chi connectivity index (χ0v) is 14.3. The molecule has 0 bridgehead atoms. The average molecular weight is 385 g/mol. The Kier molecular flexibility index (Phi) is 5.35. The van der Waals surface area contributed by atoms with E-state index in [1.165, 1.54) is 24.5 Å². The van der Waals surface area contributed by atoms with E-state index in [0.717, 1.165) is 6.07 Å². The van der Waals surface area contributed by atoms with Crippen molar-refractivity contribution in [3.05, 3.63) is 84.7 Å². The fourth-order valence-corrected chi connectivity index (χ4v) is 2.42. The number of fused-ring (bicyclic) bond motifs is 1. The topological polar surface area (TPSA) is 86.2 Å². The number of benzene rings is 1. The number of pyridine rings is 1. The van der Waals surface area contributed by atoms with Gasteiger partial charge in [0.05, 0.1) is 17.5 Å². The van der Waals surface area contributed by atoms with Crippen LogP contribution in [0.4, 0.5) is 13.2 Å². The normalized spacial score (nSPS) is 11.0. The molecule has 2 N–H and O–H groups in total. The van der Waals surface area contributed by atoms with Gasteiger partial charge >= 0.3 is 6.18 Å². The monoisotopic (exact) mass is 385 g/mol. The van der Waals surface area contributed by atoms with E-state index in [1.807, 2.05) is 0 Å². The van der Waals surface area contributed by atoms with Crippen molar-refractivity contribution in [2.24, 2.45) is 5.73 Å². The van der Waals surface area contributed by atoms with Gasteiger partial charge in [-0.25, -0.2) is 9.97 Å². The van der Waals surface area contributed by atoms with Crippen LogP contribution in [-0.2, 0) is 6.18 Å². The van der Waals surface area contributed by atoms with Crippen LogP contribution in [-0.4, -0.2) is 25.3 Å². The second kappa shape index (κ2) is 7.87. The summed E-state index contributed by atoms with van der Waals surface area (Å²) in [4.78, 5) is 22.1. The standard InChI is InChI=1S/C13H8F3N3.C6H6N2O/c14-13(15,16)10-4-2-1-3-9(10)11-5-6-19-8-17-7-12(19)18-11;7-6(9)5-3-1-2-4-8-5/h1-8H;1-4H,(H2,7,9). The summed E-state index contributed by atoms with van der Waals surface area (Å²) in [6.07, 6.45) is 1.81. The van der Waals surface area contributed by atoms with Crippen LogP contribution < -0.4 is 5.73 Å². The summed E-state index contributed by atoms with van der Waals surface area (Å²) in [5, 5.41) is 0. The predicted octanol–water partition coefficient (Wildman–Crippen LogP) is 3.60. The van der Waals surface area contributed by atoms with Gasteiger partial charge in [-0.15, -0.1) is 0 Å². The summed E-state index contributed by atoms with van der Waals surface area (Å²) in [6, 6.07) is 12.0. The van der Waals surface area contributed by atoms with Gasteiger partial charge in [0.2, 0.25) is 0 Å². The summed E-state index contributed by atoms with van der Waals surface area (Å²) in [7, 11) is 0. The second-order valence-electron chi connectivity index (χ2n) is 5.59. The molecule has 0 saturated carbocycles. The molecule has 1 aromatic carbocycles. The molecular formula is C19H14F3N5O. The van der Waals surface area contributed by atoms with Crippen molar-refractivity contribution in [2.75, 3.05) is 0 Å². The van der Waals surface area contributed by atoms with Gasteiger partial charge in [-0.3, -0.25) is 14.2 Å². The number of nitrogens with two attached hydrogens (primary N) is 1. The molecular weight excluding hydrogens is 371 g/mol. The van der Waals surface area contributed by atoms with Gasteiger partial charge in [0.1, 0.15) is 12.0 Å². The van der Waals surface area contributed by atoms with Crippen molar-refractivity contribution in [1.82, 2.24) is 19.4 Å². The maximum absolute atomic E-state index is 12.9. The number of alkyl halides is 3. The number of aromatic nitrogens is 4. The molecule has 0 spiro atoms. The predicted molar refractivity (Wildman–Crippen MR) is 96.2 cm³/mol. The molecule has 0 aliphatic carbocycles. The Balaban J connectivity index is 0.000000211. The summed E-state index contributed by atoms with van der Waals surface area (Å²) in [5.41, 5.74) is 5.38. The largest absolute Gasteiger partial charge is 0.417 e. The first-order valence-electron chi connectivity index (χ1n) is 8.02. The Labute approximate surface area is 157 Å². The number of hydrogen-bond donors (Lipinski definition) is 1. The quantitative estimate of drug-likeness (QED) is 0.571. The molecule has 28 heavy (non-hydrogen) atoms. The van der Waals surface area contributed by atoms with Crippen molar-refractivity contribution in [3.8, 4) is 11.3 Å². The van der Waals surface area contributed by atoms with Crippen molar-refractivity contribution in [1.29, 1.82) is 0 Å². The molecule has 0 aliphatic rings. The second-order valence-corrected chi connectivity index (χ2v) is 5.59. The van der Waals surface area contributed by atoms with Gasteiger partial charge in [-0.05, 0) is 24.3 Å². The molecule has 0 fully saturated rings. The minimum Gasteiger partial charge on any atom is -0.364 e. The number of nitrogens with zero attached hydrogens (tertiary/aromatic N) is 4. The molecule has 3 aromatic heterocycles. The molecule has 1 amide bonds. The minimum atomic E-state index is -4.40. The Morgan fingerprint density at radius 2 is 1.79 bits per heavy atom. The number of amides is 1. The molecule has 0 aliphatic heterocycles. The fourth-order valence-electron chi connectivity index (χ4n) is 2.42. The summed E-state index contributed by atoms with van der Waals surface area (Å²) in [6.45, 7) is 0. The summed E-state index contributed by atoms with van der Waals surface area (Å²) >= 11 is 0. The van der Waals surface area contributed by atoms with E-state index >= 15 is 0 Å². The third-order valence-corrected chi connectivity index (χ3v) is 3.70. The highest BCUT2D eigenvalue weighted by atomic mass is 19.4. The SMILES string of the molecule is FC(F)(F)c1ccccc1-c1ccn2cncc2n1.NC(=O)c1ccccn1. The van der Waals surface area contributed by atoms with Gasteiger partial charge in [-0.2, -0.15) is 13.2 Å². The number of carbonyl (C=O) groups is 1. The van der Waals surface area contributed by atoms with E-state index in [1.54, 1.807) is 47.3 Å². The van der Waals surface area contributed by atoms with Crippen molar-refractivity contribution in [2.45, 2.75) is 6.18 Å². The summed E-state index contributed by atoms with van der Waals surface area (Å²) in [5.74, 6) is -0.490. The number of primary amides is 1. The van der Waals surface area contributed by atoms with Crippen LogP contribution in [0.25, 0.3) is 16.9 Å². The molecule has 4 aromatic rings. The van der Waals surface area contributed by atoms with E-state index < -0.39 is 17.6 Å². The lowest BCUT2D eigenvalue weighted by Crippen LogP contribution is -2.12. The van der Waals surface area contributed by atoms with E-state index in [0.29, 0.717) is 11.3 Å². The number of hydrogen-bond acceptors (Lipinski definition) is 4. The third kappa shape index (κ3) is 4.32. The molecule has 4 rings (SSSR count). The van der Waals surface area contributed by atoms with Gasteiger partial charge < -0.3 is 5.73 Å². The van der Waals surface area contributed by atoms with E-state index in [2.05, 4.69) is 15.0 Å². The lowest BCUT2D eigenvalue weighted by atomic mass is 10.0. The van der Waals surface area contributed by atoms with Gasteiger partial charge in [0.15, 0.2) is 5.65 Å². The summed E-state index contributed by atoms with van der Waals surface area (Å²) < 4.78 is 40.5. The molecule has 0 saturated heterocycles. The van der Waals surface area contributed by atoms with E-state index in [4.69, 9.17) is 5.73 Å².